The lowest BCUT2D eigenvalue weighted by Gasteiger charge is -2.08. The van der Waals surface area contributed by atoms with Crippen molar-refractivity contribution in [1.29, 1.82) is 0 Å². The summed E-state index contributed by atoms with van der Waals surface area (Å²) in [4.78, 5) is -0.180. The highest BCUT2D eigenvalue weighted by molar-refractivity contribution is 7.92. The molecule has 6 nitrogen and oxygen atoms in total. The summed E-state index contributed by atoms with van der Waals surface area (Å²) in [7, 11) is -3.83. The van der Waals surface area contributed by atoms with E-state index >= 15 is 0 Å². The van der Waals surface area contributed by atoms with Crippen molar-refractivity contribution >= 4 is 21.4 Å². The summed E-state index contributed by atoms with van der Waals surface area (Å²) in [5.74, 6) is -0.593. The molecular formula is C9H9FN4O2S. The standard InChI is InChI=1S/C9H9FN4O2S/c10-6-1-2-9(8(11)3-6)17(15,16)14-7-4-12-13-5-7/h1-5,14H,11H2,(H,12,13). The molecule has 0 atom stereocenters. The Balaban J connectivity index is 2.38. The Morgan fingerprint density at radius 2 is 2.18 bits per heavy atom. The van der Waals surface area contributed by atoms with Crippen molar-refractivity contribution in [3.8, 4) is 0 Å². The maximum atomic E-state index is 12.8. The Bertz CT molecular complexity index is 624. The lowest BCUT2D eigenvalue weighted by molar-refractivity contribution is 0.600. The van der Waals surface area contributed by atoms with E-state index in [-0.39, 0.29) is 16.3 Å². The molecule has 0 saturated heterocycles. The van der Waals surface area contributed by atoms with Crippen LogP contribution in [0.4, 0.5) is 15.8 Å². The van der Waals surface area contributed by atoms with Crippen LogP contribution in [0, 0.1) is 5.82 Å². The molecule has 0 aliphatic heterocycles. The van der Waals surface area contributed by atoms with Gasteiger partial charge in [-0.25, -0.2) is 12.8 Å². The molecular weight excluding hydrogens is 247 g/mol. The van der Waals surface area contributed by atoms with Gasteiger partial charge in [-0.3, -0.25) is 9.82 Å². The summed E-state index contributed by atoms with van der Waals surface area (Å²) < 4.78 is 38.8. The van der Waals surface area contributed by atoms with Gasteiger partial charge in [0, 0.05) is 6.20 Å². The molecule has 0 bridgehead atoms. The zero-order valence-electron chi connectivity index (χ0n) is 8.51. The molecule has 0 aliphatic rings. The van der Waals surface area contributed by atoms with Crippen molar-refractivity contribution in [2.75, 3.05) is 10.5 Å². The maximum absolute atomic E-state index is 12.8. The van der Waals surface area contributed by atoms with Crippen molar-refractivity contribution in [1.82, 2.24) is 10.2 Å². The molecule has 0 radical (unpaired) electrons. The molecule has 0 aliphatic carbocycles. The van der Waals surface area contributed by atoms with E-state index < -0.39 is 15.8 Å². The quantitative estimate of drug-likeness (QED) is 0.711. The number of hydrogen-bond donors (Lipinski definition) is 3. The molecule has 2 rings (SSSR count). The first-order chi connectivity index (χ1) is 7.99. The van der Waals surface area contributed by atoms with E-state index in [4.69, 9.17) is 5.73 Å². The van der Waals surface area contributed by atoms with Gasteiger partial charge in [-0.1, -0.05) is 0 Å². The molecule has 8 heteroatoms. The number of nitrogens with two attached hydrogens (primary N) is 1. The number of nitrogens with zero attached hydrogens (tertiary/aromatic N) is 1. The summed E-state index contributed by atoms with van der Waals surface area (Å²) in [6, 6.07) is 3.08. The molecule has 1 aromatic heterocycles. The van der Waals surface area contributed by atoms with E-state index in [1.807, 2.05) is 0 Å². The number of sulfonamides is 1. The molecule has 0 unspecified atom stereocenters. The van der Waals surface area contributed by atoms with Crippen LogP contribution in [0.3, 0.4) is 0 Å². The van der Waals surface area contributed by atoms with Crippen LogP contribution >= 0.6 is 0 Å². The van der Waals surface area contributed by atoms with Crippen LogP contribution in [0.1, 0.15) is 0 Å². The highest BCUT2D eigenvalue weighted by atomic mass is 32.2. The second kappa shape index (κ2) is 4.06. The van der Waals surface area contributed by atoms with Crippen LogP contribution in [0.5, 0.6) is 0 Å². The summed E-state index contributed by atoms with van der Waals surface area (Å²) in [6.45, 7) is 0. The fourth-order valence-electron chi connectivity index (χ4n) is 1.28. The summed E-state index contributed by atoms with van der Waals surface area (Å²) in [5, 5.41) is 6.05. The summed E-state index contributed by atoms with van der Waals surface area (Å²) >= 11 is 0. The Morgan fingerprint density at radius 3 is 2.76 bits per heavy atom. The molecule has 90 valence electrons. The van der Waals surface area contributed by atoms with Crippen LogP contribution in [-0.4, -0.2) is 18.6 Å². The molecule has 2 aromatic rings. The maximum Gasteiger partial charge on any atom is 0.264 e. The Morgan fingerprint density at radius 1 is 1.41 bits per heavy atom. The van der Waals surface area contributed by atoms with Gasteiger partial charge in [-0.05, 0) is 18.2 Å². The van der Waals surface area contributed by atoms with Gasteiger partial charge in [0.15, 0.2) is 0 Å². The molecule has 1 aromatic carbocycles. The third-order valence-corrected chi connectivity index (χ3v) is 3.47. The number of benzene rings is 1. The van der Waals surface area contributed by atoms with E-state index in [9.17, 15) is 12.8 Å². The smallest absolute Gasteiger partial charge is 0.264 e. The Kier molecular flexibility index (Phi) is 2.72. The van der Waals surface area contributed by atoms with E-state index in [0.29, 0.717) is 0 Å². The number of hydrogen-bond acceptors (Lipinski definition) is 4. The summed E-state index contributed by atoms with van der Waals surface area (Å²) in [5.41, 5.74) is 5.57. The topological polar surface area (TPSA) is 101 Å². The largest absolute Gasteiger partial charge is 0.398 e. The number of aromatic amines is 1. The average Bonchev–Trinajstić information content (AvgIpc) is 2.68. The second-order valence-corrected chi connectivity index (χ2v) is 4.93. The van der Waals surface area contributed by atoms with E-state index in [1.54, 1.807) is 0 Å². The van der Waals surface area contributed by atoms with Crippen molar-refractivity contribution < 1.29 is 12.8 Å². The monoisotopic (exact) mass is 256 g/mol. The van der Waals surface area contributed by atoms with Gasteiger partial charge in [0.25, 0.3) is 10.0 Å². The van der Waals surface area contributed by atoms with Gasteiger partial charge >= 0.3 is 0 Å². The molecule has 0 amide bonds. The minimum absolute atomic E-state index is 0.152. The highest BCUT2D eigenvalue weighted by Crippen LogP contribution is 2.21. The van der Waals surface area contributed by atoms with Crippen molar-refractivity contribution in [3.05, 3.63) is 36.4 Å². The highest BCUT2D eigenvalue weighted by Gasteiger charge is 2.18. The van der Waals surface area contributed by atoms with Crippen LogP contribution in [0.25, 0.3) is 0 Å². The minimum Gasteiger partial charge on any atom is -0.398 e. The summed E-state index contributed by atoms with van der Waals surface area (Å²) in [6.07, 6.45) is 2.68. The van der Waals surface area contributed by atoms with Gasteiger partial charge in [0.2, 0.25) is 0 Å². The van der Waals surface area contributed by atoms with Crippen molar-refractivity contribution in [2.24, 2.45) is 0 Å². The van der Waals surface area contributed by atoms with E-state index in [0.717, 1.165) is 18.2 Å². The van der Waals surface area contributed by atoms with Crippen molar-refractivity contribution in [2.45, 2.75) is 4.90 Å². The SMILES string of the molecule is Nc1cc(F)ccc1S(=O)(=O)Nc1cn[nH]c1. The third-order valence-electron chi connectivity index (χ3n) is 2.01. The fraction of sp³-hybridized carbons (Fsp3) is 0. The zero-order valence-corrected chi connectivity index (χ0v) is 9.33. The van der Waals surface area contributed by atoms with Crippen LogP contribution < -0.4 is 10.5 Å². The molecule has 0 fully saturated rings. The average molecular weight is 256 g/mol. The molecule has 4 N–H and O–H groups in total. The normalized spacial score (nSPS) is 11.4. The second-order valence-electron chi connectivity index (χ2n) is 3.27. The van der Waals surface area contributed by atoms with Crippen LogP contribution in [0.2, 0.25) is 0 Å². The van der Waals surface area contributed by atoms with Crippen molar-refractivity contribution in [3.63, 3.8) is 0 Å². The Hall–Kier alpha value is -2.09. The minimum atomic E-state index is -3.83. The van der Waals surface area contributed by atoms with Gasteiger partial charge < -0.3 is 5.73 Å². The Labute approximate surface area is 96.7 Å². The number of H-pyrrole nitrogens is 1. The number of halogens is 1. The number of aromatic nitrogens is 2. The zero-order chi connectivity index (χ0) is 12.5. The first kappa shape index (κ1) is 11.4. The van der Waals surface area contributed by atoms with Crippen LogP contribution in [-0.2, 0) is 10.0 Å². The fourth-order valence-corrected chi connectivity index (χ4v) is 2.43. The lowest BCUT2D eigenvalue weighted by Crippen LogP contribution is -2.14. The number of nitrogens with one attached hydrogen (secondary N) is 2. The molecule has 0 saturated carbocycles. The van der Waals surface area contributed by atoms with Gasteiger partial charge in [0.1, 0.15) is 10.7 Å². The predicted molar refractivity (Wildman–Crippen MR) is 60.2 cm³/mol. The number of anilines is 2. The molecule has 0 spiro atoms. The van der Waals surface area contributed by atoms with E-state index in [2.05, 4.69) is 14.9 Å². The third kappa shape index (κ3) is 2.36. The molecule has 17 heavy (non-hydrogen) atoms. The molecule has 1 heterocycles. The first-order valence-electron chi connectivity index (χ1n) is 4.56. The number of rotatable bonds is 3. The predicted octanol–water partition coefficient (Wildman–Crippen LogP) is 0.932. The van der Waals surface area contributed by atoms with Gasteiger partial charge in [-0.2, -0.15) is 5.10 Å². The van der Waals surface area contributed by atoms with E-state index in [1.165, 1.54) is 12.4 Å². The van der Waals surface area contributed by atoms with Gasteiger partial charge in [-0.15, -0.1) is 0 Å². The number of nitrogen functional groups attached to an aromatic ring is 1. The van der Waals surface area contributed by atoms with Crippen LogP contribution in [0.15, 0.2) is 35.5 Å². The van der Waals surface area contributed by atoms with Gasteiger partial charge in [0.05, 0.1) is 17.6 Å². The first-order valence-corrected chi connectivity index (χ1v) is 6.04. The lowest BCUT2D eigenvalue weighted by atomic mass is 10.3.